The molecule has 0 aliphatic heterocycles. The maximum atomic E-state index is 5.97. The van der Waals surface area contributed by atoms with Crippen LogP contribution >= 0.6 is 23.2 Å². The Bertz CT molecular complexity index is 523. The summed E-state index contributed by atoms with van der Waals surface area (Å²) in [4.78, 5) is 0. The fraction of sp³-hybridized carbons (Fsp3) is 0. The van der Waals surface area contributed by atoms with Crippen molar-refractivity contribution in [2.24, 2.45) is 0 Å². The van der Waals surface area contributed by atoms with Crippen LogP contribution in [0.15, 0.2) is 28.8 Å². The molecular formula is C11H5Cl2NO. The third-order valence-electron chi connectivity index (χ3n) is 1.88. The molecule has 0 unspecified atom stereocenters. The van der Waals surface area contributed by atoms with E-state index in [4.69, 9.17) is 34.1 Å². The smallest absolute Gasteiger partial charge is 0.228 e. The molecule has 0 saturated heterocycles. The second-order valence-electron chi connectivity index (χ2n) is 2.83. The van der Waals surface area contributed by atoms with Crippen LogP contribution in [0.5, 0.6) is 0 Å². The zero-order valence-electron chi connectivity index (χ0n) is 7.50. The van der Waals surface area contributed by atoms with Gasteiger partial charge in [-0.2, -0.15) is 0 Å². The number of hydrogen-bond donors (Lipinski definition) is 0. The molecule has 0 spiro atoms. The molecule has 2 aromatic rings. The quantitative estimate of drug-likeness (QED) is 0.709. The molecule has 2 nitrogen and oxygen atoms in total. The molecule has 0 radical (unpaired) electrons. The van der Waals surface area contributed by atoms with E-state index in [-0.39, 0.29) is 5.76 Å². The van der Waals surface area contributed by atoms with Gasteiger partial charge in [0.05, 0.1) is 0 Å². The van der Waals surface area contributed by atoms with Crippen molar-refractivity contribution in [1.82, 2.24) is 5.16 Å². The zero-order chi connectivity index (χ0) is 10.8. The maximum absolute atomic E-state index is 5.97. The van der Waals surface area contributed by atoms with Crippen molar-refractivity contribution in [2.75, 3.05) is 0 Å². The second-order valence-corrected chi connectivity index (χ2v) is 3.64. The van der Waals surface area contributed by atoms with Gasteiger partial charge in [0.2, 0.25) is 5.76 Å². The van der Waals surface area contributed by atoms with E-state index in [1.54, 1.807) is 24.3 Å². The van der Waals surface area contributed by atoms with Gasteiger partial charge in [-0.05, 0) is 18.1 Å². The minimum atomic E-state index is 0.238. The van der Waals surface area contributed by atoms with Crippen LogP contribution in [-0.2, 0) is 0 Å². The Balaban J connectivity index is 2.51. The molecule has 1 heterocycles. The van der Waals surface area contributed by atoms with Crippen LogP contribution in [0.3, 0.4) is 0 Å². The van der Waals surface area contributed by atoms with Crippen molar-refractivity contribution < 1.29 is 4.52 Å². The van der Waals surface area contributed by atoms with Crippen LogP contribution in [-0.4, -0.2) is 5.16 Å². The highest BCUT2D eigenvalue weighted by atomic mass is 35.5. The van der Waals surface area contributed by atoms with Crippen molar-refractivity contribution >= 4 is 23.2 Å². The topological polar surface area (TPSA) is 26.0 Å². The molecule has 1 aromatic carbocycles. The van der Waals surface area contributed by atoms with E-state index in [0.29, 0.717) is 15.7 Å². The Labute approximate surface area is 96.8 Å². The number of halogens is 2. The Kier molecular flexibility index (Phi) is 2.68. The van der Waals surface area contributed by atoms with E-state index in [9.17, 15) is 0 Å². The molecule has 0 saturated carbocycles. The maximum Gasteiger partial charge on any atom is 0.228 e. The molecule has 2 rings (SSSR count). The summed E-state index contributed by atoms with van der Waals surface area (Å²) in [6.07, 6.45) is 5.18. The van der Waals surface area contributed by atoms with Gasteiger partial charge < -0.3 is 4.52 Å². The van der Waals surface area contributed by atoms with E-state index < -0.39 is 0 Å². The summed E-state index contributed by atoms with van der Waals surface area (Å²) in [5.74, 6) is 2.55. The van der Waals surface area contributed by atoms with Gasteiger partial charge in [-0.15, -0.1) is 6.42 Å². The molecule has 0 bridgehead atoms. The van der Waals surface area contributed by atoms with Crippen molar-refractivity contribution in [3.05, 3.63) is 40.1 Å². The van der Waals surface area contributed by atoms with Gasteiger partial charge in [-0.1, -0.05) is 40.5 Å². The number of terminal acetylenes is 1. The molecule has 4 heteroatoms. The van der Waals surface area contributed by atoms with Crippen molar-refractivity contribution in [1.29, 1.82) is 0 Å². The monoisotopic (exact) mass is 237 g/mol. The average molecular weight is 238 g/mol. The lowest BCUT2D eigenvalue weighted by atomic mass is 10.1. The lowest BCUT2D eigenvalue weighted by molar-refractivity contribution is 0.413. The average Bonchev–Trinajstić information content (AvgIpc) is 2.61. The molecule has 0 atom stereocenters. The molecule has 0 aliphatic carbocycles. The molecular weight excluding hydrogens is 233 g/mol. The van der Waals surface area contributed by atoms with E-state index in [1.165, 1.54) is 0 Å². The van der Waals surface area contributed by atoms with Crippen molar-refractivity contribution in [3.8, 4) is 23.6 Å². The van der Waals surface area contributed by atoms with Crippen molar-refractivity contribution in [3.63, 3.8) is 0 Å². The Morgan fingerprint density at radius 2 is 1.87 bits per heavy atom. The van der Waals surface area contributed by atoms with Gasteiger partial charge in [0.25, 0.3) is 0 Å². The Morgan fingerprint density at radius 1 is 1.20 bits per heavy atom. The Hall–Kier alpha value is -1.43. The molecule has 0 N–H and O–H groups in total. The van der Waals surface area contributed by atoms with Crippen molar-refractivity contribution in [2.45, 2.75) is 0 Å². The summed E-state index contributed by atoms with van der Waals surface area (Å²) < 4.78 is 4.88. The standard InChI is InChI=1S/C11H5Cl2NO/c1-2-9-10(13)11(14-15-9)7-3-5-8(12)6-4-7/h1,3-6H. The predicted octanol–water partition coefficient (Wildman–Crippen LogP) is 3.63. The normalized spacial score (nSPS) is 9.93. The number of hydrogen-bond acceptors (Lipinski definition) is 2. The second kappa shape index (κ2) is 3.98. The summed E-state index contributed by atoms with van der Waals surface area (Å²) in [5.41, 5.74) is 1.34. The van der Waals surface area contributed by atoms with Gasteiger partial charge in [0.1, 0.15) is 10.7 Å². The van der Waals surface area contributed by atoms with Gasteiger partial charge in [-0.3, -0.25) is 0 Å². The largest absolute Gasteiger partial charge is 0.345 e. The van der Waals surface area contributed by atoms with Crippen LogP contribution < -0.4 is 0 Å². The van der Waals surface area contributed by atoms with Gasteiger partial charge in [0.15, 0.2) is 0 Å². The highest BCUT2D eigenvalue weighted by Gasteiger charge is 2.13. The fourth-order valence-corrected chi connectivity index (χ4v) is 1.51. The SMILES string of the molecule is C#Cc1onc(-c2ccc(Cl)cc2)c1Cl. The number of benzene rings is 1. The van der Waals surface area contributed by atoms with Crippen LogP contribution in [0.2, 0.25) is 10.0 Å². The minimum Gasteiger partial charge on any atom is -0.345 e. The summed E-state index contributed by atoms with van der Waals surface area (Å²) in [5, 5.41) is 4.79. The van der Waals surface area contributed by atoms with Crippen LogP contribution in [0.25, 0.3) is 11.3 Å². The minimum absolute atomic E-state index is 0.238. The van der Waals surface area contributed by atoms with Crippen LogP contribution in [0.1, 0.15) is 5.76 Å². The summed E-state index contributed by atoms with van der Waals surface area (Å²) in [6.45, 7) is 0. The van der Waals surface area contributed by atoms with E-state index in [1.807, 2.05) is 0 Å². The van der Waals surface area contributed by atoms with Gasteiger partial charge in [0, 0.05) is 10.6 Å². The summed E-state index contributed by atoms with van der Waals surface area (Å²) in [7, 11) is 0. The van der Waals surface area contributed by atoms with E-state index >= 15 is 0 Å². The van der Waals surface area contributed by atoms with Crippen LogP contribution in [0.4, 0.5) is 0 Å². The molecule has 0 fully saturated rings. The van der Waals surface area contributed by atoms with E-state index in [0.717, 1.165) is 5.56 Å². The molecule has 74 valence electrons. The first-order chi connectivity index (χ1) is 7.22. The first-order valence-corrected chi connectivity index (χ1v) is 4.85. The molecule has 0 aliphatic rings. The third-order valence-corrected chi connectivity index (χ3v) is 2.49. The number of nitrogens with zero attached hydrogens (tertiary/aromatic N) is 1. The number of rotatable bonds is 1. The summed E-state index contributed by atoms with van der Waals surface area (Å²) >= 11 is 11.7. The predicted molar refractivity (Wildman–Crippen MR) is 59.9 cm³/mol. The summed E-state index contributed by atoms with van der Waals surface area (Å²) in [6, 6.07) is 7.09. The fourth-order valence-electron chi connectivity index (χ4n) is 1.16. The lowest BCUT2D eigenvalue weighted by Crippen LogP contribution is -1.77. The number of aromatic nitrogens is 1. The lowest BCUT2D eigenvalue weighted by Gasteiger charge is -1.95. The molecule has 15 heavy (non-hydrogen) atoms. The first-order valence-electron chi connectivity index (χ1n) is 4.10. The highest BCUT2D eigenvalue weighted by molar-refractivity contribution is 6.34. The van der Waals surface area contributed by atoms with Gasteiger partial charge >= 0.3 is 0 Å². The van der Waals surface area contributed by atoms with Gasteiger partial charge in [-0.25, -0.2) is 0 Å². The Morgan fingerprint density at radius 3 is 2.40 bits per heavy atom. The zero-order valence-corrected chi connectivity index (χ0v) is 9.01. The third kappa shape index (κ3) is 1.85. The van der Waals surface area contributed by atoms with E-state index in [2.05, 4.69) is 11.1 Å². The first kappa shape index (κ1) is 10.1. The molecule has 0 amide bonds. The highest BCUT2D eigenvalue weighted by Crippen LogP contribution is 2.30. The van der Waals surface area contributed by atoms with Crippen LogP contribution in [0, 0.1) is 12.3 Å². The molecule has 1 aromatic heterocycles.